The maximum absolute atomic E-state index is 9.18. The van der Waals surface area contributed by atoms with Crippen LogP contribution in [0.25, 0.3) is 11.6 Å². The van der Waals surface area contributed by atoms with Crippen molar-refractivity contribution in [3.8, 4) is 11.5 Å². The summed E-state index contributed by atoms with van der Waals surface area (Å²) in [5.41, 5.74) is 2.64. The summed E-state index contributed by atoms with van der Waals surface area (Å²) in [5.74, 6) is -0.188. The Hall–Kier alpha value is -1.70. The predicted octanol–water partition coefficient (Wildman–Crippen LogP) is 2.14. The van der Waals surface area contributed by atoms with Gasteiger partial charge in [-0.1, -0.05) is 18.7 Å². The van der Waals surface area contributed by atoms with Gasteiger partial charge in [0.25, 0.3) is 0 Å². The van der Waals surface area contributed by atoms with Gasteiger partial charge in [0.1, 0.15) is 0 Å². The molecule has 0 saturated heterocycles. The van der Waals surface area contributed by atoms with E-state index >= 15 is 0 Å². The quantitative estimate of drug-likeness (QED) is 0.571. The van der Waals surface area contributed by atoms with Crippen molar-refractivity contribution >= 4 is 11.6 Å². The van der Waals surface area contributed by atoms with E-state index in [9.17, 15) is 5.11 Å². The highest BCUT2D eigenvalue weighted by molar-refractivity contribution is 5.89. The number of fused-ring (bicyclic) bond motifs is 1. The molecule has 1 aromatic rings. The molecule has 0 saturated carbocycles. The second kappa shape index (κ2) is 2.14. The van der Waals surface area contributed by atoms with Crippen LogP contribution in [0, 0.1) is 0 Å². The van der Waals surface area contributed by atoms with Gasteiger partial charge in [-0.25, -0.2) is 0 Å². The Morgan fingerprint density at radius 1 is 1.00 bits per heavy atom. The average Bonchev–Trinajstić information content (AvgIpc) is 2.35. The summed E-state index contributed by atoms with van der Waals surface area (Å²) in [4.78, 5) is 0. The van der Waals surface area contributed by atoms with Gasteiger partial charge >= 0.3 is 0 Å². The van der Waals surface area contributed by atoms with E-state index in [1.54, 1.807) is 0 Å². The van der Waals surface area contributed by atoms with Gasteiger partial charge in [-0.3, -0.25) is 0 Å². The van der Waals surface area contributed by atoms with Gasteiger partial charge in [0, 0.05) is 0 Å². The summed E-state index contributed by atoms with van der Waals surface area (Å²) in [6, 6.07) is 3.05. The molecule has 12 heavy (non-hydrogen) atoms. The Morgan fingerprint density at radius 3 is 2.42 bits per heavy atom. The van der Waals surface area contributed by atoms with Crippen LogP contribution >= 0.6 is 0 Å². The lowest BCUT2D eigenvalue weighted by Crippen LogP contribution is -1.79. The molecule has 0 aliphatic heterocycles. The van der Waals surface area contributed by atoms with Gasteiger partial charge in [0.15, 0.2) is 11.5 Å². The summed E-state index contributed by atoms with van der Waals surface area (Å²) in [7, 11) is 0. The Labute approximate surface area is 70.1 Å². The minimum absolute atomic E-state index is 0.0897. The van der Waals surface area contributed by atoms with Crippen molar-refractivity contribution in [3.63, 3.8) is 0 Å². The zero-order valence-electron chi connectivity index (χ0n) is 6.41. The number of hydrogen-bond donors (Lipinski definition) is 2. The molecule has 0 unspecified atom stereocenters. The Balaban J connectivity index is 2.69. The van der Waals surface area contributed by atoms with Crippen molar-refractivity contribution in [2.24, 2.45) is 0 Å². The zero-order chi connectivity index (χ0) is 8.72. The lowest BCUT2D eigenvalue weighted by Gasteiger charge is -2.02. The molecular formula is C10H8O2. The van der Waals surface area contributed by atoms with Crippen molar-refractivity contribution < 1.29 is 10.2 Å². The molecule has 0 radical (unpaired) electrons. The third-order valence-corrected chi connectivity index (χ3v) is 1.96. The number of allylic oxidation sites excluding steroid dienone is 2. The summed E-state index contributed by atoms with van der Waals surface area (Å²) >= 11 is 0. The van der Waals surface area contributed by atoms with E-state index in [1.165, 1.54) is 12.1 Å². The lowest BCUT2D eigenvalue weighted by atomic mass is 10.1. The predicted molar refractivity (Wildman–Crippen MR) is 47.8 cm³/mol. The summed E-state index contributed by atoms with van der Waals surface area (Å²) in [6.07, 6.45) is 3.71. The van der Waals surface area contributed by atoms with Gasteiger partial charge in [-0.05, 0) is 28.8 Å². The maximum atomic E-state index is 9.18. The summed E-state index contributed by atoms with van der Waals surface area (Å²) in [5, 5.41) is 18.3. The minimum atomic E-state index is -0.0985. The molecule has 0 aromatic heterocycles. The Morgan fingerprint density at radius 2 is 1.67 bits per heavy atom. The normalized spacial score (nSPS) is 13.5. The third kappa shape index (κ3) is 0.815. The molecule has 0 spiro atoms. The molecule has 1 aliphatic carbocycles. The molecule has 0 amide bonds. The molecule has 2 N–H and O–H groups in total. The van der Waals surface area contributed by atoms with E-state index in [-0.39, 0.29) is 11.5 Å². The number of phenolic OH excluding ortho intramolecular Hbond substituents is 2. The van der Waals surface area contributed by atoms with Gasteiger partial charge in [0.2, 0.25) is 0 Å². The van der Waals surface area contributed by atoms with Crippen molar-refractivity contribution in [1.82, 2.24) is 0 Å². The van der Waals surface area contributed by atoms with Crippen LogP contribution in [-0.2, 0) is 0 Å². The topological polar surface area (TPSA) is 40.5 Å². The fourth-order valence-electron chi connectivity index (χ4n) is 1.29. The van der Waals surface area contributed by atoms with E-state index in [0.29, 0.717) is 0 Å². The van der Waals surface area contributed by atoms with E-state index in [1.807, 2.05) is 12.2 Å². The standard InChI is InChI=1S/C10H8O2/c1-6-2-3-7-4-9(11)10(12)5-8(6)7/h2-5,11-12H,1H2. The van der Waals surface area contributed by atoms with E-state index < -0.39 is 0 Å². The number of rotatable bonds is 0. The summed E-state index contributed by atoms with van der Waals surface area (Å²) < 4.78 is 0. The SMILES string of the molecule is C=C1C=Cc2cc(O)c(O)cc21. The number of aromatic hydroxyl groups is 2. The highest BCUT2D eigenvalue weighted by Crippen LogP contribution is 2.36. The molecule has 0 atom stereocenters. The van der Waals surface area contributed by atoms with E-state index in [2.05, 4.69) is 6.58 Å². The smallest absolute Gasteiger partial charge is 0.158 e. The van der Waals surface area contributed by atoms with Crippen LogP contribution < -0.4 is 0 Å². The van der Waals surface area contributed by atoms with Crippen LogP contribution in [0.15, 0.2) is 24.8 Å². The number of hydrogen-bond acceptors (Lipinski definition) is 2. The first-order valence-corrected chi connectivity index (χ1v) is 3.62. The van der Waals surface area contributed by atoms with Gasteiger partial charge in [0.05, 0.1) is 0 Å². The second-order valence-corrected chi connectivity index (χ2v) is 2.79. The zero-order valence-corrected chi connectivity index (χ0v) is 6.41. The van der Waals surface area contributed by atoms with Crippen LogP contribution in [0.3, 0.4) is 0 Å². The van der Waals surface area contributed by atoms with Gasteiger partial charge in [-0.2, -0.15) is 0 Å². The first-order valence-electron chi connectivity index (χ1n) is 3.62. The minimum Gasteiger partial charge on any atom is -0.504 e. The van der Waals surface area contributed by atoms with E-state index in [4.69, 9.17) is 5.11 Å². The Kier molecular flexibility index (Phi) is 1.24. The lowest BCUT2D eigenvalue weighted by molar-refractivity contribution is 0.403. The van der Waals surface area contributed by atoms with Crippen LogP contribution in [0.2, 0.25) is 0 Å². The number of benzene rings is 1. The van der Waals surface area contributed by atoms with Crippen molar-refractivity contribution in [1.29, 1.82) is 0 Å². The molecule has 1 aliphatic rings. The summed E-state index contributed by atoms with van der Waals surface area (Å²) in [6.45, 7) is 3.79. The highest BCUT2D eigenvalue weighted by atomic mass is 16.3. The third-order valence-electron chi connectivity index (χ3n) is 1.96. The fourth-order valence-corrected chi connectivity index (χ4v) is 1.29. The fraction of sp³-hybridized carbons (Fsp3) is 0. The molecule has 0 bridgehead atoms. The first-order chi connectivity index (χ1) is 5.68. The van der Waals surface area contributed by atoms with Crippen molar-refractivity contribution in [2.75, 3.05) is 0 Å². The van der Waals surface area contributed by atoms with Crippen LogP contribution in [0.5, 0.6) is 11.5 Å². The molecule has 1 aromatic carbocycles. The molecule has 2 heteroatoms. The highest BCUT2D eigenvalue weighted by Gasteiger charge is 2.11. The monoisotopic (exact) mass is 160 g/mol. The van der Waals surface area contributed by atoms with Crippen LogP contribution in [0.1, 0.15) is 11.1 Å². The number of phenols is 2. The second-order valence-electron chi connectivity index (χ2n) is 2.79. The maximum Gasteiger partial charge on any atom is 0.158 e. The molecule has 2 rings (SSSR count). The largest absolute Gasteiger partial charge is 0.504 e. The molecule has 2 nitrogen and oxygen atoms in total. The van der Waals surface area contributed by atoms with Gasteiger partial charge in [-0.15, -0.1) is 0 Å². The first kappa shape index (κ1) is 6.98. The van der Waals surface area contributed by atoms with Crippen LogP contribution in [0.4, 0.5) is 0 Å². The molecular weight excluding hydrogens is 152 g/mol. The molecule has 0 fully saturated rings. The van der Waals surface area contributed by atoms with Gasteiger partial charge < -0.3 is 10.2 Å². The van der Waals surface area contributed by atoms with Crippen molar-refractivity contribution in [3.05, 3.63) is 35.9 Å². The van der Waals surface area contributed by atoms with Crippen LogP contribution in [-0.4, -0.2) is 10.2 Å². The molecule has 60 valence electrons. The average molecular weight is 160 g/mol. The van der Waals surface area contributed by atoms with E-state index in [0.717, 1.165) is 16.7 Å². The Bertz CT molecular complexity index is 389. The van der Waals surface area contributed by atoms with Crippen molar-refractivity contribution in [2.45, 2.75) is 0 Å². The molecule has 0 heterocycles.